The molecule has 0 saturated heterocycles. The molecule has 0 aliphatic heterocycles. The van der Waals surface area contributed by atoms with E-state index in [0.717, 1.165) is 22.3 Å². The molecule has 1 aromatic carbocycles. The summed E-state index contributed by atoms with van der Waals surface area (Å²) in [6, 6.07) is 6.62. The minimum absolute atomic E-state index is 0.271. The monoisotopic (exact) mass is 234 g/mol. The summed E-state index contributed by atoms with van der Waals surface area (Å²) in [5.74, 6) is -0.246. The first-order valence-electron chi connectivity index (χ1n) is 5.25. The van der Waals surface area contributed by atoms with Gasteiger partial charge in [0.05, 0.1) is 7.11 Å². The number of fused-ring (bicyclic) bond motifs is 1. The molecule has 0 saturated carbocycles. The number of aromatic nitrogens is 1. The fourth-order valence-electron chi connectivity index (χ4n) is 1.80. The zero-order chi connectivity index (χ0) is 12.4. The summed E-state index contributed by atoms with van der Waals surface area (Å²) in [4.78, 5) is 13.8. The Balaban J connectivity index is 2.34. The molecule has 17 heavy (non-hydrogen) atoms. The van der Waals surface area contributed by atoms with Gasteiger partial charge in [0.25, 0.3) is 0 Å². The Kier molecular flexibility index (Phi) is 3.01. The van der Waals surface area contributed by atoms with E-state index in [-0.39, 0.29) is 6.42 Å². The van der Waals surface area contributed by atoms with E-state index >= 15 is 0 Å². The van der Waals surface area contributed by atoms with Gasteiger partial charge in [-0.05, 0) is 18.2 Å². The van der Waals surface area contributed by atoms with E-state index in [1.54, 1.807) is 7.11 Å². The second kappa shape index (κ2) is 4.47. The number of benzene rings is 1. The lowest BCUT2D eigenvalue weighted by atomic mass is 10.1. The molecule has 0 amide bonds. The molecule has 1 unspecified atom stereocenters. The molecule has 0 bridgehead atoms. The van der Waals surface area contributed by atoms with Gasteiger partial charge in [-0.2, -0.15) is 0 Å². The van der Waals surface area contributed by atoms with Crippen molar-refractivity contribution in [1.82, 2.24) is 4.98 Å². The third-order valence-electron chi connectivity index (χ3n) is 2.66. The summed E-state index contributed by atoms with van der Waals surface area (Å²) in [6.45, 7) is 0. The predicted octanol–water partition coefficient (Wildman–Crippen LogP) is 1.13. The fourth-order valence-corrected chi connectivity index (χ4v) is 1.80. The molecule has 1 heterocycles. The number of carboxylic acid groups (broad SMARTS) is 1. The average Bonchev–Trinajstić information content (AvgIpc) is 2.70. The molecule has 90 valence electrons. The Labute approximate surface area is 98.2 Å². The number of H-pyrrole nitrogens is 1. The van der Waals surface area contributed by atoms with Crippen LogP contribution in [0.2, 0.25) is 0 Å². The molecular formula is C12H14N2O3. The number of hydrogen-bond donors (Lipinski definition) is 3. The van der Waals surface area contributed by atoms with E-state index in [1.165, 1.54) is 0 Å². The van der Waals surface area contributed by atoms with Crippen LogP contribution in [0.4, 0.5) is 0 Å². The van der Waals surface area contributed by atoms with Crippen molar-refractivity contribution >= 4 is 16.9 Å². The van der Waals surface area contributed by atoms with Crippen LogP contribution in [0.15, 0.2) is 24.3 Å². The van der Waals surface area contributed by atoms with E-state index < -0.39 is 12.0 Å². The number of hydrogen-bond acceptors (Lipinski definition) is 3. The van der Waals surface area contributed by atoms with Gasteiger partial charge in [0, 0.05) is 23.0 Å². The smallest absolute Gasteiger partial charge is 0.320 e. The molecule has 2 aromatic rings. The maximum absolute atomic E-state index is 10.7. The summed E-state index contributed by atoms with van der Waals surface area (Å²) in [7, 11) is 1.60. The van der Waals surface area contributed by atoms with Crippen molar-refractivity contribution in [3.8, 4) is 5.75 Å². The molecule has 0 radical (unpaired) electrons. The zero-order valence-corrected chi connectivity index (χ0v) is 9.43. The van der Waals surface area contributed by atoms with Crippen molar-refractivity contribution in [3.05, 3.63) is 30.0 Å². The maximum atomic E-state index is 10.7. The second-order valence-electron chi connectivity index (χ2n) is 3.86. The summed E-state index contributed by atoms with van der Waals surface area (Å²) < 4.78 is 5.23. The number of carbonyl (C=O) groups is 1. The number of methoxy groups -OCH3 is 1. The zero-order valence-electron chi connectivity index (χ0n) is 9.43. The summed E-state index contributed by atoms with van der Waals surface area (Å²) in [6.07, 6.45) is 0.271. The van der Waals surface area contributed by atoms with Gasteiger partial charge < -0.3 is 20.6 Å². The first-order chi connectivity index (χ1) is 8.11. The van der Waals surface area contributed by atoms with E-state index in [2.05, 4.69) is 4.98 Å². The van der Waals surface area contributed by atoms with Crippen molar-refractivity contribution in [1.29, 1.82) is 0 Å². The highest BCUT2D eigenvalue weighted by atomic mass is 16.5. The molecule has 0 spiro atoms. The second-order valence-corrected chi connectivity index (χ2v) is 3.86. The normalized spacial score (nSPS) is 12.6. The van der Waals surface area contributed by atoms with E-state index in [1.807, 2.05) is 24.3 Å². The van der Waals surface area contributed by atoms with Gasteiger partial charge in [0.1, 0.15) is 11.8 Å². The highest BCUT2D eigenvalue weighted by Gasteiger charge is 2.14. The molecule has 4 N–H and O–H groups in total. The molecule has 0 fully saturated rings. The number of nitrogens with one attached hydrogen (secondary N) is 1. The number of aliphatic carboxylic acids is 1. The van der Waals surface area contributed by atoms with Crippen molar-refractivity contribution in [3.63, 3.8) is 0 Å². The molecule has 1 aromatic heterocycles. The Bertz CT molecular complexity index is 548. The third kappa shape index (κ3) is 2.24. The van der Waals surface area contributed by atoms with Gasteiger partial charge in [-0.15, -0.1) is 0 Å². The summed E-state index contributed by atoms with van der Waals surface area (Å²) in [5.41, 5.74) is 7.20. The van der Waals surface area contributed by atoms with Crippen LogP contribution in [-0.2, 0) is 11.2 Å². The minimum atomic E-state index is -1.00. The maximum Gasteiger partial charge on any atom is 0.320 e. The van der Waals surface area contributed by atoms with Crippen molar-refractivity contribution in [2.75, 3.05) is 7.11 Å². The molecule has 0 aliphatic carbocycles. The van der Waals surface area contributed by atoms with Gasteiger partial charge in [0.2, 0.25) is 0 Å². The average molecular weight is 234 g/mol. The SMILES string of the molecule is COc1cccc2[nH]c(CC(N)C(=O)O)cc12. The fraction of sp³-hybridized carbons (Fsp3) is 0.250. The summed E-state index contributed by atoms with van der Waals surface area (Å²) >= 11 is 0. The van der Waals surface area contributed by atoms with Crippen LogP contribution in [0.1, 0.15) is 5.69 Å². The lowest BCUT2D eigenvalue weighted by molar-refractivity contribution is -0.138. The number of ether oxygens (including phenoxy) is 1. The quantitative estimate of drug-likeness (QED) is 0.740. The Morgan fingerprint density at radius 1 is 1.59 bits per heavy atom. The number of aromatic amines is 1. The highest BCUT2D eigenvalue weighted by molar-refractivity contribution is 5.87. The van der Waals surface area contributed by atoms with Gasteiger partial charge >= 0.3 is 5.97 Å². The van der Waals surface area contributed by atoms with Crippen molar-refractivity contribution in [2.45, 2.75) is 12.5 Å². The van der Waals surface area contributed by atoms with E-state index in [4.69, 9.17) is 15.6 Å². The minimum Gasteiger partial charge on any atom is -0.496 e. The van der Waals surface area contributed by atoms with Gasteiger partial charge in [0.15, 0.2) is 0 Å². The van der Waals surface area contributed by atoms with E-state index in [9.17, 15) is 4.79 Å². The highest BCUT2D eigenvalue weighted by Crippen LogP contribution is 2.26. The number of carboxylic acids is 1. The molecule has 2 rings (SSSR count). The summed E-state index contributed by atoms with van der Waals surface area (Å²) in [5, 5.41) is 9.69. The molecule has 5 nitrogen and oxygen atoms in total. The Hall–Kier alpha value is -2.01. The van der Waals surface area contributed by atoms with Crippen LogP contribution in [0.3, 0.4) is 0 Å². The van der Waals surface area contributed by atoms with Crippen molar-refractivity contribution in [2.24, 2.45) is 5.73 Å². The van der Waals surface area contributed by atoms with Gasteiger partial charge in [-0.3, -0.25) is 4.79 Å². The van der Waals surface area contributed by atoms with Crippen LogP contribution in [0.5, 0.6) is 5.75 Å². The standard InChI is InChI=1S/C12H14N2O3/c1-17-11-4-2-3-10-8(11)5-7(14-10)6-9(13)12(15)16/h2-5,9,14H,6,13H2,1H3,(H,15,16). The lowest BCUT2D eigenvalue weighted by Crippen LogP contribution is -2.32. The predicted molar refractivity (Wildman–Crippen MR) is 64.2 cm³/mol. The van der Waals surface area contributed by atoms with Crippen molar-refractivity contribution < 1.29 is 14.6 Å². The van der Waals surface area contributed by atoms with E-state index in [0.29, 0.717) is 0 Å². The molecule has 0 aliphatic rings. The number of rotatable bonds is 4. The van der Waals surface area contributed by atoms with Gasteiger partial charge in [-0.1, -0.05) is 6.07 Å². The first kappa shape index (κ1) is 11.5. The Morgan fingerprint density at radius 2 is 2.35 bits per heavy atom. The molecule has 1 atom stereocenters. The first-order valence-corrected chi connectivity index (χ1v) is 5.25. The lowest BCUT2D eigenvalue weighted by Gasteiger charge is -2.02. The Morgan fingerprint density at radius 3 is 3.00 bits per heavy atom. The van der Waals surface area contributed by atoms with Crippen LogP contribution in [-0.4, -0.2) is 29.2 Å². The topological polar surface area (TPSA) is 88.3 Å². The molecular weight excluding hydrogens is 220 g/mol. The third-order valence-corrected chi connectivity index (χ3v) is 2.66. The van der Waals surface area contributed by atoms with Crippen LogP contribution >= 0.6 is 0 Å². The van der Waals surface area contributed by atoms with Crippen LogP contribution < -0.4 is 10.5 Å². The number of nitrogens with two attached hydrogens (primary N) is 1. The van der Waals surface area contributed by atoms with Crippen LogP contribution in [0, 0.1) is 0 Å². The molecule has 5 heteroatoms. The largest absolute Gasteiger partial charge is 0.496 e. The van der Waals surface area contributed by atoms with Gasteiger partial charge in [-0.25, -0.2) is 0 Å². The van der Waals surface area contributed by atoms with Crippen LogP contribution in [0.25, 0.3) is 10.9 Å².